The fourth-order valence-corrected chi connectivity index (χ4v) is 3.48. The van der Waals surface area contributed by atoms with Gasteiger partial charge in [0.1, 0.15) is 17.8 Å². The van der Waals surface area contributed by atoms with E-state index in [2.05, 4.69) is 15.4 Å². The van der Waals surface area contributed by atoms with Crippen molar-refractivity contribution in [2.75, 3.05) is 6.54 Å². The summed E-state index contributed by atoms with van der Waals surface area (Å²) in [5, 5.41) is 34.6. The highest BCUT2D eigenvalue weighted by Gasteiger charge is 2.41. The second kappa shape index (κ2) is 11.4. The highest BCUT2D eigenvalue weighted by molar-refractivity contribution is 6.32. The number of urea groups is 1. The first-order chi connectivity index (χ1) is 17.3. The summed E-state index contributed by atoms with van der Waals surface area (Å²) in [5.41, 5.74) is 0.252. The molecule has 0 aliphatic carbocycles. The van der Waals surface area contributed by atoms with E-state index in [9.17, 15) is 32.6 Å². The largest absolute Gasteiger partial charge is 0.416 e. The van der Waals surface area contributed by atoms with E-state index in [-0.39, 0.29) is 27.9 Å². The molecule has 0 saturated carbocycles. The van der Waals surface area contributed by atoms with Crippen LogP contribution in [0, 0.1) is 11.2 Å². The van der Waals surface area contributed by atoms with Crippen LogP contribution in [0.15, 0.2) is 42.5 Å². The zero-order chi connectivity index (χ0) is 27.5. The normalized spacial score (nSPS) is 13.2. The third-order valence-electron chi connectivity index (χ3n) is 4.95. The molecule has 2 aromatic carbocycles. The molecule has 1 aromatic heterocycles. The Morgan fingerprint density at radius 3 is 2.41 bits per heavy atom. The van der Waals surface area contributed by atoms with E-state index in [1.165, 1.54) is 37.3 Å². The highest BCUT2D eigenvalue weighted by atomic mass is 35.5. The first kappa shape index (κ1) is 28.3. The topological polar surface area (TPSA) is 127 Å². The number of aromatic nitrogens is 3. The smallest absolute Gasteiger partial charge is 0.385 e. The molecule has 2 amide bonds. The van der Waals surface area contributed by atoms with Crippen LogP contribution in [0.5, 0.6) is 0 Å². The van der Waals surface area contributed by atoms with E-state index >= 15 is 0 Å². The maximum atomic E-state index is 13.4. The number of nitrogens with zero attached hydrogens (tertiary/aromatic N) is 4. The Morgan fingerprint density at radius 2 is 1.84 bits per heavy atom. The van der Waals surface area contributed by atoms with Gasteiger partial charge < -0.3 is 15.5 Å². The van der Waals surface area contributed by atoms with Crippen molar-refractivity contribution >= 4 is 35.1 Å². The lowest BCUT2D eigenvalue weighted by atomic mass is 10.2. The molecule has 37 heavy (non-hydrogen) atoms. The lowest BCUT2D eigenvalue weighted by Gasteiger charge is -2.26. The third-order valence-corrected chi connectivity index (χ3v) is 5.51. The van der Waals surface area contributed by atoms with Crippen LogP contribution in [-0.4, -0.2) is 60.6 Å². The standard InChI is InChI=1S/C22H20Cl2F4N6O3/c1-11(35)20-31-18(32-34(20)16-7-6-14(25)8-15(16)24)9-30-21(37)33(10-17(36)22(26,27)28)19(29)12-2-4-13(23)5-3-12/h2-8,11,17,29,35-36H,9-10H2,1H3,(H,30,37)/t11-,17+/m1/s1. The van der Waals surface area contributed by atoms with Crippen LogP contribution in [0.25, 0.3) is 5.69 Å². The summed E-state index contributed by atoms with van der Waals surface area (Å²) < 4.78 is 53.6. The van der Waals surface area contributed by atoms with Crippen molar-refractivity contribution in [1.29, 1.82) is 5.41 Å². The molecule has 0 fully saturated rings. The highest BCUT2D eigenvalue weighted by Crippen LogP contribution is 2.25. The van der Waals surface area contributed by atoms with Crippen LogP contribution in [0.4, 0.5) is 22.4 Å². The zero-order valence-corrected chi connectivity index (χ0v) is 20.5. The Bertz CT molecular complexity index is 1280. The number of alkyl halides is 3. The van der Waals surface area contributed by atoms with Crippen molar-refractivity contribution < 1.29 is 32.6 Å². The number of benzene rings is 2. The molecule has 198 valence electrons. The van der Waals surface area contributed by atoms with E-state index in [0.29, 0.717) is 9.92 Å². The minimum atomic E-state index is -5.04. The van der Waals surface area contributed by atoms with Crippen molar-refractivity contribution in [2.45, 2.75) is 31.9 Å². The summed E-state index contributed by atoms with van der Waals surface area (Å²) >= 11 is 11.9. The number of aliphatic hydroxyl groups is 2. The van der Waals surface area contributed by atoms with Crippen LogP contribution >= 0.6 is 23.2 Å². The molecule has 0 bridgehead atoms. The molecule has 3 aromatic rings. The predicted octanol–water partition coefficient (Wildman–Crippen LogP) is 4.23. The second-order valence-electron chi connectivity index (χ2n) is 7.75. The SMILES string of the molecule is C[C@@H](O)c1nc(CNC(=O)N(C[C@H](O)C(F)(F)F)C(=N)c2ccc(Cl)cc2)nn1-c1ccc(F)cc1Cl. The number of rotatable bonds is 7. The number of carbonyl (C=O) groups excluding carboxylic acids is 1. The van der Waals surface area contributed by atoms with Crippen molar-refractivity contribution in [3.05, 3.63) is 75.5 Å². The minimum Gasteiger partial charge on any atom is -0.385 e. The van der Waals surface area contributed by atoms with Gasteiger partial charge in [-0.25, -0.2) is 18.9 Å². The van der Waals surface area contributed by atoms with Crippen LogP contribution in [0.1, 0.15) is 30.2 Å². The molecule has 4 N–H and O–H groups in total. The summed E-state index contributed by atoms with van der Waals surface area (Å²) in [4.78, 5) is 17.4. The predicted molar refractivity (Wildman–Crippen MR) is 126 cm³/mol. The van der Waals surface area contributed by atoms with Crippen LogP contribution in [0.3, 0.4) is 0 Å². The first-order valence-electron chi connectivity index (χ1n) is 10.5. The van der Waals surface area contributed by atoms with E-state index in [1.54, 1.807) is 0 Å². The molecule has 1 heterocycles. The molecular formula is C22H20Cl2F4N6O3. The van der Waals surface area contributed by atoms with E-state index < -0.39 is 49.2 Å². The molecule has 9 nitrogen and oxygen atoms in total. The number of carbonyl (C=O) groups is 1. The number of hydrogen-bond donors (Lipinski definition) is 4. The number of amides is 2. The van der Waals surface area contributed by atoms with Crippen molar-refractivity contribution in [3.8, 4) is 5.69 Å². The van der Waals surface area contributed by atoms with Gasteiger partial charge in [0, 0.05) is 10.6 Å². The number of nitrogens with one attached hydrogen (secondary N) is 2. The average Bonchev–Trinajstić information content (AvgIpc) is 3.24. The average molecular weight is 563 g/mol. The maximum absolute atomic E-state index is 13.4. The first-order valence-corrected chi connectivity index (χ1v) is 11.3. The van der Waals surface area contributed by atoms with Gasteiger partial charge in [-0.3, -0.25) is 10.3 Å². The summed E-state index contributed by atoms with van der Waals surface area (Å²) in [7, 11) is 0. The number of halogens is 6. The zero-order valence-electron chi connectivity index (χ0n) is 19.0. The van der Waals surface area contributed by atoms with Crippen LogP contribution in [-0.2, 0) is 6.54 Å². The summed E-state index contributed by atoms with van der Waals surface area (Å²) in [6.07, 6.45) is -9.13. The third kappa shape index (κ3) is 6.95. The summed E-state index contributed by atoms with van der Waals surface area (Å²) in [6, 6.07) is 7.71. The van der Waals surface area contributed by atoms with Crippen molar-refractivity contribution in [3.63, 3.8) is 0 Å². The minimum absolute atomic E-state index is 0.00369. The van der Waals surface area contributed by atoms with Crippen molar-refractivity contribution in [1.82, 2.24) is 25.0 Å². The van der Waals surface area contributed by atoms with Gasteiger partial charge in [0.15, 0.2) is 17.8 Å². The van der Waals surface area contributed by atoms with Gasteiger partial charge in [-0.15, -0.1) is 5.10 Å². The molecule has 2 atom stereocenters. The van der Waals surface area contributed by atoms with E-state index in [4.69, 9.17) is 28.6 Å². The van der Waals surface area contributed by atoms with Gasteiger partial charge >= 0.3 is 12.2 Å². The lowest BCUT2D eigenvalue weighted by Crippen LogP contribution is -2.50. The maximum Gasteiger partial charge on any atom is 0.416 e. The fourth-order valence-electron chi connectivity index (χ4n) is 3.11. The monoisotopic (exact) mass is 562 g/mol. The molecule has 0 radical (unpaired) electrons. The molecule has 0 aliphatic rings. The summed E-state index contributed by atoms with van der Waals surface area (Å²) in [6.45, 7) is -0.312. The lowest BCUT2D eigenvalue weighted by molar-refractivity contribution is -0.204. The Hall–Kier alpha value is -3.26. The molecule has 15 heteroatoms. The van der Waals surface area contributed by atoms with E-state index in [1.807, 2.05) is 0 Å². The quantitative estimate of drug-likeness (QED) is 0.195. The molecular weight excluding hydrogens is 543 g/mol. The molecule has 0 spiro atoms. The molecule has 3 rings (SSSR count). The Kier molecular flexibility index (Phi) is 8.74. The number of amidine groups is 1. The Labute approximate surface area is 217 Å². The number of aliphatic hydroxyl groups excluding tert-OH is 2. The van der Waals surface area contributed by atoms with Gasteiger partial charge in [0.05, 0.1) is 23.8 Å². The van der Waals surface area contributed by atoms with Crippen LogP contribution in [0.2, 0.25) is 10.0 Å². The van der Waals surface area contributed by atoms with E-state index in [0.717, 1.165) is 16.8 Å². The van der Waals surface area contributed by atoms with Gasteiger partial charge in [-0.05, 0) is 49.4 Å². The molecule has 0 unspecified atom stereocenters. The van der Waals surface area contributed by atoms with Crippen LogP contribution < -0.4 is 5.32 Å². The molecule has 0 aliphatic heterocycles. The molecule has 0 saturated heterocycles. The number of hydrogen-bond acceptors (Lipinski definition) is 6. The van der Waals surface area contributed by atoms with Crippen molar-refractivity contribution in [2.24, 2.45) is 0 Å². The van der Waals surface area contributed by atoms with Gasteiger partial charge in [-0.2, -0.15) is 13.2 Å². The fraction of sp³-hybridized carbons (Fsp3) is 0.273. The summed E-state index contributed by atoms with van der Waals surface area (Å²) in [5.74, 6) is -1.31. The van der Waals surface area contributed by atoms with Gasteiger partial charge in [0.25, 0.3) is 0 Å². The van der Waals surface area contributed by atoms with Gasteiger partial charge in [-0.1, -0.05) is 23.2 Å². The Morgan fingerprint density at radius 1 is 1.19 bits per heavy atom. The Balaban J connectivity index is 1.85. The second-order valence-corrected chi connectivity index (χ2v) is 8.60. The van der Waals surface area contributed by atoms with Gasteiger partial charge in [0.2, 0.25) is 0 Å².